The number of methoxy groups -OCH3 is 2. The minimum Gasteiger partial charge on any atom is -0.497 e. The van der Waals surface area contributed by atoms with E-state index in [1.807, 2.05) is 18.2 Å². The Hall–Kier alpha value is -1.71. The zero-order chi connectivity index (χ0) is 15.9. The van der Waals surface area contributed by atoms with E-state index >= 15 is 0 Å². The van der Waals surface area contributed by atoms with Crippen molar-refractivity contribution in [3.63, 3.8) is 0 Å². The molecule has 1 aromatic rings. The van der Waals surface area contributed by atoms with Crippen LogP contribution in [-0.2, 0) is 11.2 Å². The minimum absolute atomic E-state index is 0.140. The number of rotatable bonds is 6. The van der Waals surface area contributed by atoms with Crippen LogP contribution in [0, 0.1) is 5.92 Å². The summed E-state index contributed by atoms with van der Waals surface area (Å²) in [6, 6.07) is 6.11. The zero-order valence-electron chi connectivity index (χ0n) is 13.9. The molecule has 1 N–H and O–H groups in total. The Morgan fingerprint density at radius 2 is 1.86 bits per heavy atom. The van der Waals surface area contributed by atoms with Crippen LogP contribution in [0.5, 0.6) is 11.5 Å². The highest BCUT2D eigenvalue weighted by molar-refractivity contribution is 5.76. The quantitative estimate of drug-likeness (QED) is 0.877. The fourth-order valence-electron chi connectivity index (χ4n) is 3.13. The number of hydrogen-bond donors (Lipinski definition) is 1. The molecule has 4 heteroatoms. The van der Waals surface area contributed by atoms with Gasteiger partial charge in [-0.1, -0.05) is 19.8 Å². The fourth-order valence-corrected chi connectivity index (χ4v) is 3.13. The van der Waals surface area contributed by atoms with Gasteiger partial charge in [0.05, 0.1) is 14.2 Å². The van der Waals surface area contributed by atoms with E-state index in [-0.39, 0.29) is 5.91 Å². The second-order valence-corrected chi connectivity index (χ2v) is 6.26. The lowest BCUT2D eigenvalue weighted by Crippen LogP contribution is -2.38. The van der Waals surface area contributed by atoms with Gasteiger partial charge in [0, 0.05) is 18.5 Å². The molecule has 0 heterocycles. The highest BCUT2D eigenvalue weighted by atomic mass is 16.5. The lowest BCUT2D eigenvalue weighted by molar-refractivity contribution is -0.122. The van der Waals surface area contributed by atoms with Gasteiger partial charge in [-0.15, -0.1) is 0 Å². The summed E-state index contributed by atoms with van der Waals surface area (Å²) in [6.45, 7) is 2.26. The van der Waals surface area contributed by atoms with Crippen molar-refractivity contribution >= 4 is 5.91 Å². The van der Waals surface area contributed by atoms with Crippen LogP contribution in [0.3, 0.4) is 0 Å². The van der Waals surface area contributed by atoms with Crippen LogP contribution in [0.25, 0.3) is 0 Å². The summed E-state index contributed by atoms with van der Waals surface area (Å²) >= 11 is 0. The van der Waals surface area contributed by atoms with Crippen LogP contribution in [0.4, 0.5) is 0 Å². The summed E-state index contributed by atoms with van der Waals surface area (Å²) in [6.07, 6.45) is 5.93. The molecule has 0 saturated heterocycles. The molecular weight excluding hydrogens is 278 g/mol. The minimum atomic E-state index is 0.140. The highest BCUT2D eigenvalue weighted by Crippen LogP contribution is 2.25. The summed E-state index contributed by atoms with van der Waals surface area (Å²) in [7, 11) is 3.27. The van der Waals surface area contributed by atoms with Crippen molar-refractivity contribution in [3.8, 4) is 11.5 Å². The standard InChI is InChI=1S/C18H27NO3/c1-13-5-4-6-15(9-13)19-18(20)8-7-14-10-16(21-2)12-17(11-14)22-3/h10-13,15H,4-9H2,1-3H3,(H,19,20). The van der Waals surface area contributed by atoms with Crippen molar-refractivity contribution in [2.75, 3.05) is 14.2 Å². The van der Waals surface area contributed by atoms with E-state index in [2.05, 4.69) is 12.2 Å². The van der Waals surface area contributed by atoms with Crippen LogP contribution >= 0.6 is 0 Å². The molecule has 122 valence electrons. The second-order valence-electron chi connectivity index (χ2n) is 6.26. The van der Waals surface area contributed by atoms with Crippen molar-refractivity contribution in [3.05, 3.63) is 23.8 Å². The molecule has 1 fully saturated rings. The average Bonchev–Trinajstić information content (AvgIpc) is 2.52. The van der Waals surface area contributed by atoms with E-state index in [0.29, 0.717) is 18.9 Å². The monoisotopic (exact) mass is 305 g/mol. The molecular formula is C18H27NO3. The molecule has 1 aliphatic carbocycles. The number of benzene rings is 1. The van der Waals surface area contributed by atoms with Crippen molar-refractivity contribution in [1.82, 2.24) is 5.32 Å². The maximum absolute atomic E-state index is 12.1. The fraction of sp³-hybridized carbons (Fsp3) is 0.611. The molecule has 2 atom stereocenters. The van der Waals surface area contributed by atoms with Gasteiger partial charge >= 0.3 is 0 Å². The average molecular weight is 305 g/mol. The number of aryl methyl sites for hydroxylation is 1. The summed E-state index contributed by atoms with van der Waals surface area (Å²) in [4.78, 5) is 12.1. The van der Waals surface area contributed by atoms with Gasteiger partial charge < -0.3 is 14.8 Å². The number of ether oxygens (including phenoxy) is 2. The van der Waals surface area contributed by atoms with E-state index in [0.717, 1.165) is 35.8 Å². The summed E-state index contributed by atoms with van der Waals surface area (Å²) in [5.41, 5.74) is 1.06. The van der Waals surface area contributed by atoms with Gasteiger partial charge in [-0.25, -0.2) is 0 Å². The molecule has 2 unspecified atom stereocenters. The third-order valence-corrected chi connectivity index (χ3v) is 4.35. The molecule has 1 saturated carbocycles. The molecule has 0 spiro atoms. The van der Waals surface area contributed by atoms with Crippen LogP contribution in [0.1, 0.15) is 44.6 Å². The summed E-state index contributed by atoms with van der Waals surface area (Å²) in [5.74, 6) is 2.38. The van der Waals surface area contributed by atoms with E-state index in [1.54, 1.807) is 14.2 Å². The van der Waals surface area contributed by atoms with Gasteiger partial charge in [0.15, 0.2) is 0 Å². The molecule has 1 aromatic carbocycles. The molecule has 0 aliphatic heterocycles. The van der Waals surface area contributed by atoms with E-state index < -0.39 is 0 Å². The van der Waals surface area contributed by atoms with E-state index in [9.17, 15) is 4.79 Å². The third kappa shape index (κ3) is 4.93. The van der Waals surface area contributed by atoms with Gasteiger partial charge in [0.25, 0.3) is 0 Å². The smallest absolute Gasteiger partial charge is 0.220 e. The molecule has 0 bridgehead atoms. The highest BCUT2D eigenvalue weighted by Gasteiger charge is 2.20. The lowest BCUT2D eigenvalue weighted by Gasteiger charge is -2.27. The van der Waals surface area contributed by atoms with Crippen LogP contribution < -0.4 is 14.8 Å². The first kappa shape index (κ1) is 16.7. The summed E-state index contributed by atoms with van der Waals surface area (Å²) in [5, 5.41) is 3.18. The van der Waals surface area contributed by atoms with E-state index in [1.165, 1.54) is 12.8 Å². The van der Waals surface area contributed by atoms with Gasteiger partial charge in [-0.05, 0) is 42.9 Å². The van der Waals surface area contributed by atoms with Crippen molar-refractivity contribution in [1.29, 1.82) is 0 Å². The Morgan fingerprint density at radius 1 is 1.18 bits per heavy atom. The number of amides is 1. The van der Waals surface area contributed by atoms with E-state index in [4.69, 9.17) is 9.47 Å². The number of carbonyl (C=O) groups excluding carboxylic acids is 1. The summed E-state index contributed by atoms with van der Waals surface area (Å²) < 4.78 is 10.5. The molecule has 0 aromatic heterocycles. The maximum atomic E-state index is 12.1. The van der Waals surface area contributed by atoms with Crippen LogP contribution in [0.2, 0.25) is 0 Å². The van der Waals surface area contributed by atoms with Crippen molar-refractivity contribution in [2.45, 2.75) is 51.5 Å². The Balaban J connectivity index is 1.85. The van der Waals surface area contributed by atoms with Crippen LogP contribution in [0.15, 0.2) is 18.2 Å². The predicted molar refractivity (Wildman–Crippen MR) is 87.4 cm³/mol. The van der Waals surface area contributed by atoms with Gasteiger partial charge in [0.2, 0.25) is 5.91 Å². The van der Waals surface area contributed by atoms with Crippen molar-refractivity contribution in [2.24, 2.45) is 5.92 Å². The molecule has 22 heavy (non-hydrogen) atoms. The molecule has 1 amide bonds. The molecule has 1 aliphatic rings. The Labute approximate surface area is 133 Å². The largest absolute Gasteiger partial charge is 0.497 e. The molecule has 2 rings (SSSR count). The lowest BCUT2D eigenvalue weighted by atomic mass is 9.87. The number of hydrogen-bond acceptors (Lipinski definition) is 3. The topological polar surface area (TPSA) is 47.6 Å². The van der Waals surface area contributed by atoms with Gasteiger partial charge in [-0.2, -0.15) is 0 Å². The van der Waals surface area contributed by atoms with Gasteiger partial charge in [0.1, 0.15) is 11.5 Å². The first-order chi connectivity index (χ1) is 10.6. The van der Waals surface area contributed by atoms with Crippen molar-refractivity contribution < 1.29 is 14.3 Å². The van der Waals surface area contributed by atoms with Gasteiger partial charge in [-0.3, -0.25) is 4.79 Å². The Kier molecular flexibility index (Phi) is 6.10. The number of carbonyl (C=O) groups is 1. The normalized spacial score (nSPS) is 21.2. The third-order valence-electron chi connectivity index (χ3n) is 4.35. The predicted octanol–water partition coefficient (Wildman–Crippen LogP) is 3.33. The maximum Gasteiger partial charge on any atom is 0.220 e. The number of nitrogens with one attached hydrogen (secondary N) is 1. The second kappa shape index (κ2) is 8.06. The first-order valence-electron chi connectivity index (χ1n) is 8.12. The Morgan fingerprint density at radius 3 is 2.45 bits per heavy atom. The Bertz CT molecular complexity index is 479. The zero-order valence-corrected chi connectivity index (χ0v) is 13.9. The van der Waals surface area contributed by atoms with Crippen LogP contribution in [-0.4, -0.2) is 26.2 Å². The first-order valence-corrected chi connectivity index (χ1v) is 8.12. The molecule has 0 radical (unpaired) electrons. The molecule has 4 nitrogen and oxygen atoms in total. The SMILES string of the molecule is COc1cc(CCC(=O)NC2CCCC(C)C2)cc(OC)c1.